The van der Waals surface area contributed by atoms with E-state index in [-0.39, 0.29) is 17.2 Å². The number of Topliss-reactive ketones (excluding diaryl/α,β-unsaturated/α-hetero) is 1. The molecule has 0 radical (unpaired) electrons. The third-order valence-electron chi connectivity index (χ3n) is 4.06. The molecule has 0 aliphatic rings. The molecule has 1 heterocycles. The minimum atomic E-state index is -0.363. The highest BCUT2D eigenvalue weighted by atomic mass is 35.5. The maximum Gasteiger partial charge on any atom is 0.196 e. The molecule has 2 aromatic rings. The highest BCUT2D eigenvalue weighted by molar-refractivity contribution is 7.99. The summed E-state index contributed by atoms with van der Waals surface area (Å²) in [6.07, 6.45) is 0. The Kier molecular flexibility index (Phi) is 6.30. The minimum Gasteiger partial charge on any atom is -0.300 e. The van der Waals surface area contributed by atoms with Gasteiger partial charge in [0.1, 0.15) is 5.78 Å². The van der Waals surface area contributed by atoms with Crippen molar-refractivity contribution in [3.8, 4) is 5.69 Å². The Hall–Kier alpha value is -1.37. The first kappa shape index (κ1) is 19.9. The van der Waals surface area contributed by atoms with Crippen molar-refractivity contribution in [2.24, 2.45) is 5.41 Å². The van der Waals surface area contributed by atoms with Crippen molar-refractivity contribution in [1.29, 1.82) is 0 Å². The van der Waals surface area contributed by atoms with Gasteiger partial charge < -0.3 is 0 Å². The molecule has 0 saturated carbocycles. The summed E-state index contributed by atoms with van der Waals surface area (Å²) in [4.78, 5) is 14.3. The molecular weight excluding hydrogens is 356 g/mol. The molecule has 136 valence electrons. The molecule has 0 fully saturated rings. The van der Waals surface area contributed by atoms with Gasteiger partial charge in [-0.1, -0.05) is 44.1 Å². The maximum absolute atomic E-state index is 12.3. The van der Waals surface area contributed by atoms with E-state index in [4.69, 9.17) is 11.6 Å². The molecule has 0 N–H and O–H groups in total. The zero-order valence-corrected chi connectivity index (χ0v) is 17.1. The molecule has 0 spiro atoms. The highest BCUT2D eigenvalue weighted by Crippen LogP contribution is 2.29. The molecule has 0 unspecified atom stereocenters. The van der Waals surface area contributed by atoms with Crippen LogP contribution in [0.1, 0.15) is 39.6 Å². The van der Waals surface area contributed by atoms with Crippen molar-refractivity contribution in [1.82, 2.24) is 19.7 Å². The molecule has 5 nitrogen and oxygen atoms in total. The van der Waals surface area contributed by atoms with Crippen molar-refractivity contribution in [3.05, 3.63) is 35.1 Å². The van der Waals surface area contributed by atoms with Gasteiger partial charge in [-0.3, -0.25) is 14.3 Å². The molecule has 0 saturated heterocycles. The van der Waals surface area contributed by atoms with Crippen LogP contribution in [0.2, 0.25) is 5.02 Å². The summed E-state index contributed by atoms with van der Waals surface area (Å²) in [6.45, 7) is 7.86. The van der Waals surface area contributed by atoms with Crippen molar-refractivity contribution in [2.75, 3.05) is 19.8 Å². The number of ketones is 1. The van der Waals surface area contributed by atoms with Crippen LogP contribution in [-0.4, -0.2) is 45.3 Å². The molecule has 0 bridgehead atoms. The van der Waals surface area contributed by atoms with E-state index in [0.29, 0.717) is 15.9 Å². The predicted molar refractivity (Wildman–Crippen MR) is 104 cm³/mol. The Morgan fingerprint density at radius 3 is 2.36 bits per heavy atom. The quantitative estimate of drug-likeness (QED) is 0.701. The molecule has 25 heavy (non-hydrogen) atoms. The maximum atomic E-state index is 12.3. The van der Waals surface area contributed by atoms with Crippen LogP contribution in [0.25, 0.3) is 5.69 Å². The van der Waals surface area contributed by atoms with E-state index in [2.05, 4.69) is 22.0 Å². The Morgan fingerprint density at radius 1 is 1.24 bits per heavy atom. The lowest BCUT2D eigenvalue weighted by Gasteiger charge is -2.21. The van der Waals surface area contributed by atoms with Gasteiger partial charge in [-0.2, -0.15) is 0 Å². The summed E-state index contributed by atoms with van der Waals surface area (Å²) >= 11 is 7.44. The second-order valence-corrected chi connectivity index (χ2v) is 8.63. The number of carbonyl (C=O) groups excluding carboxylic acids is 1. The van der Waals surface area contributed by atoms with Crippen LogP contribution in [0.5, 0.6) is 0 Å². The van der Waals surface area contributed by atoms with E-state index < -0.39 is 0 Å². The fourth-order valence-corrected chi connectivity index (χ4v) is 3.30. The van der Waals surface area contributed by atoms with Crippen molar-refractivity contribution >= 4 is 29.1 Å². The summed E-state index contributed by atoms with van der Waals surface area (Å²) in [5.74, 6) is 1.38. The third-order valence-corrected chi connectivity index (χ3v) is 5.24. The van der Waals surface area contributed by atoms with Crippen LogP contribution >= 0.6 is 23.4 Å². The zero-order valence-electron chi connectivity index (χ0n) is 15.6. The fraction of sp³-hybridized carbons (Fsp3) is 0.500. The molecule has 1 aromatic heterocycles. The summed E-state index contributed by atoms with van der Waals surface area (Å²) in [6, 6.07) is 7.64. The number of nitrogens with zero attached hydrogens (tertiary/aromatic N) is 4. The predicted octanol–water partition coefficient (Wildman–Crippen LogP) is 4.25. The molecule has 7 heteroatoms. The molecule has 1 aromatic carbocycles. The van der Waals surface area contributed by atoms with Gasteiger partial charge in [-0.05, 0) is 45.3 Å². The Bertz CT molecular complexity index is 735. The van der Waals surface area contributed by atoms with Gasteiger partial charge in [-0.15, -0.1) is 10.2 Å². The second kappa shape index (κ2) is 7.89. The molecule has 1 atom stereocenters. The monoisotopic (exact) mass is 380 g/mol. The highest BCUT2D eigenvalue weighted by Gasteiger charge is 2.24. The lowest BCUT2D eigenvalue weighted by molar-refractivity contribution is -0.123. The van der Waals surface area contributed by atoms with Gasteiger partial charge in [0.2, 0.25) is 0 Å². The summed E-state index contributed by atoms with van der Waals surface area (Å²) in [5, 5.41) is 10.1. The van der Waals surface area contributed by atoms with Gasteiger partial charge in [0.15, 0.2) is 11.0 Å². The Balaban J connectivity index is 2.40. The smallest absolute Gasteiger partial charge is 0.196 e. The number of halogens is 1. The average Bonchev–Trinajstić information content (AvgIpc) is 2.95. The number of thioether (sulfide) groups is 1. The fourth-order valence-electron chi connectivity index (χ4n) is 2.06. The first-order valence-corrected chi connectivity index (χ1v) is 9.51. The second-order valence-electron chi connectivity index (χ2n) is 7.25. The van der Waals surface area contributed by atoms with E-state index in [9.17, 15) is 4.79 Å². The van der Waals surface area contributed by atoms with Crippen LogP contribution in [0, 0.1) is 5.41 Å². The largest absolute Gasteiger partial charge is 0.300 e. The van der Waals surface area contributed by atoms with Gasteiger partial charge in [0, 0.05) is 16.1 Å². The SMILES string of the molecule is C[C@H](c1nnc(SCC(=O)C(C)(C)C)n1-c1ccc(Cl)cc1)N(C)C. The van der Waals surface area contributed by atoms with Crippen molar-refractivity contribution in [3.63, 3.8) is 0 Å². The van der Waals surface area contributed by atoms with Crippen LogP contribution in [0.15, 0.2) is 29.4 Å². The average molecular weight is 381 g/mol. The van der Waals surface area contributed by atoms with Gasteiger partial charge in [0.25, 0.3) is 0 Å². The Labute approximate surface area is 158 Å². The third kappa shape index (κ3) is 4.84. The van der Waals surface area contributed by atoms with Crippen LogP contribution in [0.4, 0.5) is 0 Å². The van der Waals surface area contributed by atoms with Crippen LogP contribution in [-0.2, 0) is 4.79 Å². The molecular formula is C18H25ClN4OS. The number of aromatic nitrogens is 3. The van der Waals surface area contributed by atoms with E-state index >= 15 is 0 Å². The summed E-state index contributed by atoms with van der Waals surface area (Å²) in [7, 11) is 4.00. The summed E-state index contributed by atoms with van der Waals surface area (Å²) < 4.78 is 2.00. The molecule has 2 rings (SSSR count). The molecule has 0 aliphatic heterocycles. The standard InChI is InChI=1S/C18H25ClN4OS/c1-12(22(5)6)16-20-21-17(25-11-15(24)18(2,3)4)23(16)14-9-7-13(19)8-10-14/h7-10,12H,11H2,1-6H3/t12-/m1/s1. The first-order chi connectivity index (χ1) is 11.6. The van der Waals surface area contributed by atoms with E-state index in [0.717, 1.165) is 11.5 Å². The number of hydrogen-bond acceptors (Lipinski definition) is 5. The summed E-state index contributed by atoms with van der Waals surface area (Å²) in [5.41, 5.74) is 0.571. The normalized spacial score (nSPS) is 13.3. The number of rotatable bonds is 6. The van der Waals surface area contributed by atoms with Crippen molar-refractivity contribution < 1.29 is 4.79 Å². The molecule has 0 aliphatic carbocycles. The van der Waals surface area contributed by atoms with Gasteiger partial charge >= 0.3 is 0 Å². The molecule has 0 amide bonds. The topological polar surface area (TPSA) is 51.0 Å². The first-order valence-electron chi connectivity index (χ1n) is 8.15. The van der Waals surface area contributed by atoms with Gasteiger partial charge in [-0.25, -0.2) is 0 Å². The van der Waals surface area contributed by atoms with Crippen LogP contribution in [0.3, 0.4) is 0 Å². The van der Waals surface area contributed by atoms with Crippen molar-refractivity contribution in [2.45, 2.75) is 38.9 Å². The van der Waals surface area contributed by atoms with E-state index in [1.165, 1.54) is 11.8 Å². The van der Waals surface area contributed by atoms with Gasteiger partial charge in [0.05, 0.1) is 11.8 Å². The lowest BCUT2D eigenvalue weighted by Crippen LogP contribution is -2.22. The number of benzene rings is 1. The Morgan fingerprint density at radius 2 is 1.84 bits per heavy atom. The minimum absolute atomic E-state index is 0.0795. The van der Waals surface area contributed by atoms with E-state index in [1.807, 2.05) is 63.7 Å². The zero-order chi connectivity index (χ0) is 18.8. The van der Waals surface area contributed by atoms with Crippen LogP contribution < -0.4 is 0 Å². The lowest BCUT2D eigenvalue weighted by atomic mass is 9.92. The number of hydrogen-bond donors (Lipinski definition) is 0. The number of carbonyl (C=O) groups is 1. The van der Waals surface area contributed by atoms with E-state index in [1.54, 1.807) is 0 Å².